The zero-order valence-electron chi connectivity index (χ0n) is 10.9. The van der Waals surface area contributed by atoms with Gasteiger partial charge in [-0.25, -0.2) is 0 Å². The smallest absolute Gasteiger partial charge is 0.0608 e. The molecule has 0 aromatic carbocycles. The number of piperidine rings is 1. The molecule has 2 aliphatic rings. The number of likely N-dealkylation sites (tertiary alicyclic amines) is 1. The molecule has 18 heavy (non-hydrogen) atoms. The van der Waals surface area contributed by atoms with E-state index in [0.717, 1.165) is 26.1 Å². The van der Waals surface area contributed by atoms with Crippen LogP contribution in [0.1, 0.15) is 37.7 Å². The summed E-state index contributed by atoms with van der Waals surface area (Å²) in [5, 5.41) is 10.2. The molecule has 0 bridgehead atoms. The minimum Gasteiger partial charge on any atom is -0.393 e. The first-order valence-electron chi connectivity index (χ1n) is 7.08. The van der Waals surface area contributed by atoms with Gasteiger partial charge in [0.1, 0.15) is 0 Å². The van der Waals surface area contributed by atoms with Crippen LogP contribution in [0.4, 0.5) is 0 Å². The SMILES string of the molecule is O[C@@H]1CCC[C@]12CCCN(Cc1cccnc1)C2. The molecule has 0 radical (unpaired) electrons. The molecule has 2 atom stereocenters. The second-order valence-corrected chi connectivity index (χ2v) is 5.95. The highest BCUT2D eigenvalue weighted by Gasteiger charge is 2.44. The Kier molecular flexibility index (Phi) is 3.35. The molecule has 1 spiro atoms. The molecular weight excluding hydrogens is 224 g/mol. The molecule has 98 valence electrons. The van der Waals surface area contributed by atoms with E-state index in [4.69, 9.17) is 0 Å². The van der Waals surface area contributed by atoms with E-state index in [1.165, 1.54) is 31.2 Å². The second kappa shape index (κ2) is 4.98. The van der Waals surface area contributed by atoms with Crippen LogP contribution < -0.4 is 0 Å². The first kappa shape index (κ1) is 12.1. The number of aromatic nitrogens is 1. The Hall–Kier alpha value is -0.930. The molecule has 1 saturated heterocycles. The van der Waals surface area contributed by atoms with Gasteiger partial charge in [-0.15, -0.1) is 0 Å². The minimum atomic E-state index is -0.0748. The van der Waals surface area contributed by atoms with Crippen molar-refractivity contribution in [2.45, 2.75) is 44.8 Å². The van der Waals surface area contributed by atoms with Gasteiger partial charge in [-0.05, 0) is 43.9 Å². The maximum atomic E-state index is 10.2. The largest absolute Gasteiger partial charge is 0.393 e. The predicted octanol–water partition coefficient (Wildman–Crippen LogP) is 2.21. The van der Waals surface area contributed by atoms with Crippen molar-refractivity contribution < 1.29 is 5.11 Å². The van der Waals surface area contributed by atoms with E-state index >= 15 is 0 Å². The lowest BCUT2D eigenvalue weighted by molar-refractivity contribution is -0.0120. The van der Waals surface area contributed by atoms with Gasteiger partial charge in [0, 0.05) is 30.9 Å². The Balaban J connectivity index is 1.67. The summed E-state index contributed by atoms with van der Waals surface area (Å²) in [5.74, 6) is 0. The normalized spacial score (nSPS) is 33.1. The Morgan fingerprint density at radius 1 is 1.39 bits per heavy atom. The monoisotopic (exact) mass is 246 g/mol. The predicted molar refractivity (Wildman–Crippen MR) is 71.0 cm³/mol. The number of aliphatic hydroxyl groups excluding tert-OH is 1. The summed E-state index contributed by atoms with van der Waals surface area (Å²) < 4.78 is 0. The highest BCUT2D eigenvalue weighted by Crippen LogP contribution is 2.45. The molecule has 3 rings (SSSR count). The van der Waals surface area contributed by atoms with Gasteiger partial charge in [-0.1, -0.05) is 12.5 Å². The van der Waals surface area contributed by atoms with Crippen molar-refractivity contribution in [3.63, 3.8) is 0 Å². The summed E-state index contributed by atoms with van der Waals surface area (Å²) in [4.78, 5) is 6.67. The molecule has 0 unspecified atom stereocenters. The van der Waals surface area contributed by atoms with Gasteiger partial charge >= 0.3 is 0 Å². The third-order valence-electron chi connectivity index (χ3n) is 4.68. The average Bonchev–Trinajstić information content (AvgIpc) is 2.72. The Morgan fingerprint density at radius 3 is 3.00 bits per heavy atom. The fraction of sp³-hybridized carbons (Fsp3) is 0.667. The Labute approximate surface area is 109 Å². The van der Waals surface area contributed by atoms with Crippen molar-refractivity contribution in [3.8, 4) is 0 Å². The van der Waals surface area contributed by atoms with Gasteiger partial charge in [-0.3, -0.25) is 9.88 Å². The van der Waals surface area contributed by atoms with Crippen LogP contribution in [0.5, 0.6) is 0 Å². The first-order chi connectivity index (χ1) is 8.78. The summed E-state index contributed by atoms with van der Waals surface area (Å²) in [6.45, 7) is 3.19. The summed E-state index contributed by atoms with van der Waals surface area (Å²) in [5.41, 5.74) is 1.47. The van der Waals surface area contributed by atoms with E-state index in [-0.39, 0.29) is 11.5 Å². The van der Waals surface area contributed by atoms with Gasteiger partial charge in [-0.2, -0.15) is 0 Å². The number of nitrogens with zero attached hydrogens (tertiary/aromatic N) is 2. The average molecular weight is 246 g/mol. The van der Waals surface area contributed by atoms with Crippen molar-refractivity contribution >= 4 is 0 Å². The Bertz CT molecular complexity index is 395. The molecule has 1 saturated carbocycles. The van der Waals surface area contributed by atoms with Crippen molar-refractivity contribution in [2.24, 2.45) is 5.41 Å². The quantitative estimate of drug-likeness (QED) is 0.869. The van der Waals surface area contributed by atoms with Gasteiger partial charge in [0.2, 0.25) is 0 Å². The van der Waals surface area contributed by atoms with Crippen LogP contribution in [-0.4, -0.2) is 34.2 Å². The standard InChI is InChI=1S/C15H22N2O/c18-14-5-1-6-15(14)7-3-9-17(12-15)11-13-4-2-8-16-10-13/h2,4,8,10,14,18H,1,3,5-7,9,11-12H2/t14-,15-/m1/s1. The van der Waals surface area contributed by atoms with Gasteiger partial charge in [0.15, 0.2) is 0 Å². The van der Waals surface area contributed by atoms with Gasteiger partial charge < -0.3 is 5.11 Å². The number of pyridine rings is 1. The fourth-order valence-electron chi connectivity index (χ4n) is 3.74. The van der Waals surface area contributed by atoms with Crippen molar-refractivity contribution in [3.05, 3.63) is 30.1 Å². The van der Waals surface area contributed by atoms with Crippen LogP contribution in [-0.2, 0) is 6.54 Å². The highest BCUT2D eigenvalue weighted by atomic mass is 16.3. The van der Waals surface area contributed by atoms with Crippen LogP contribution in [0.2, 0.25) is 0 Å². The van der Waals surface area contributed by atoms with Crippen molar-refractivity contribution in [1.82, 2.24) is 9.88 Å². The first-order valence-corrected chi connectivity index (χ1v) is 7.08. The van der Waals surface area contributed by atoms with E-state index < -0.39 is 0 Å². The van der Waals surface area contributed by atoms with Crippen LogP contribution >= 0.6 is 0 Å². The summed E-state index contributed by atoms with van der Waals surface area (Å²) in [7, 11) is 0. The van der Waals surface area contributed by atoms with Crippen LogP contribution in [0.25, 0.3) is 0 Å². The van der Waals surface area contributed by atoms with Crippen LogP contribution in [0, 0.1) is 5.41 Å². The molecule has 1 aliphatic carbocycles. The summed E-state index contributed by atoms with van der Waals surface area (Å²) >= 11 is 0. The fourth-order valence-corrected chi connectivity index (χ4v) is 3.74. The topological polar surface area (TPSA) is 36.4 Å². The molecule has 1 aliphatic heterocycles. The summed E-state index contributed by atoms with van der Waals surface area (Å²) in [6.07, 6.45) is 9.53. The number of aliphatic hydroxyl groups is 1. The minimum absolute atomic E-state index is 0.0748. The summed E-state index contributed by atoms with van der Waals surface area (Å²) in [6, 6.07) is 4.14. The van der Waals surface area contributed by atoms with E-state index in [2.05, 4.69) is 16.0 Å². The molecule has 1 aromatic heterocycles. The molecule has 3 nitrogen and oxygen atoms in total. The van der Waals surface area contributed by atoms with E-state index in [9.17, 15) is 5.11 Å². The number of hydrogen-bond donors (Lipinski definition) is 1. The van der Waals surface area contributed by atoms with Crippen LogP contribution in [0.3, 0.4) is 0 Å². The van der Waals surface area contributed by atoms with Crippen LogP contribution in [0.15, 0.2) is 24.5 Å². The maximum absolute atomic E-state index is 10.2. The molecule has 1 N–H and O–H groups in total. The van der Waals surface area contributed by atoms with E-state index in [1.807, 2.05) is 18.5 Å². The lowest BCUT2D eigenvalue weighted by Gasteiger charge is -2.42. The third kappa shape index (κ3) is 2.29. The maximum Gasteiger partial charge on any atom is 0.0608 e. The molecule has 1 aromatic rings. The molecular formula is C15H22N2O. The second-order valence-electron chi connectivity index (χ2n) is 5.95. The molecule has 3 heteroatoms. The van der Waals surface area contributed by atoms with E-state index in [1.54, 1.807) is 0 Å². The number of hydrogen-bond acceptors (Lipinski definition) is 3. The zero-order valence-corrected chi connectivity index (χ0v) is 10.9. The third-order valence-corrected chi connectivity index (χ3v) is 4.68. The molecule has 2 fully saturated rings. The molecule has 2 heterocycles. The van der Waals surface area contributed by atoms with Crippen molar-refractivity contribution in [1.29, 1.82) is 0 Å². The van der Waals surface area contributed by atoms with Crippen molar-refractivity contribution in [2.75, 3.05) is 13.1 Å². The highest BCUT2D eigenvalue weighted by molar-refractivity contribution is 5.09. The number of rotatable bonds is 2. The van der Waals surface area contributed by atoms with Gasteiger partial charge in [0.05, 0.1) is 6.10 Å². The Morgan fingerprint density at radius 2 is 2.28 bits per heavy atom. The zero-order chi connectivity index (χ0) is 12.4. The van der Waals surface area contributed by atoms with E-state index in [0.29, 0.717) is 0 Å². The van der Waals surface area contributed by atoms with Gasteiger partial charge in [0.25, 0.3) is 0 Å². The lowest BCUT2D eigenvalue weighted by atomic mass is 9.76. The molecule has 0 amide bonds. The lowest BCUT2D eigenvalue weighted by Crippen LogP contribution is -2.46.